The lowest BCUT2D eigenvalue weighted by atomic mass is 9.73. The van der Waals surface area contributed by atoms with Crippen LogP contribution in [0.4, 0.5) is 0 Å². The van der Waals surface area contributed by atoms with Crippen molar-refractivity contribution in [3.8, 4) is 0 Å². The summed E-state index contributed by atoms with van der Waals surface area (Å²) in [7, 11) is 0. The first-order valence-corrected chi connectivity index (χ1v) is 7.86. The highest BCUT2D eigenvalue weighted by atomic mass is 14.8. The molecule has 4 rings (SSSR count). The minimum Gasteiger partial charge on any atom is -0.330 e. The molecule has 0 aromatic rings. The monoisotopic (exact) mass is 246 g/mol. The minimum atomic E-state index is 0.539. The highest BCUT2D eigenvalue weighted by Crippen LogP contribution is 2.80. The predicted molar refractivity (Wildman–Crippen MR) is 73.8 cm³/mol. The van der Waals surface area contributed by atoms with E-state index in [-0.39, 0.29) is 0 Å². The van der Waals surface area contributed by atoms with Crippen LogP contribution in [0.2, 0.25) is 0 Å². The van der Waals surface area contributed by atoms with Gasteiger partial charge in [-0.15, -0.1) is 0 Å². The molecule has 0 amide bonds. The van der Waals surface area contributed by atoms with Crippen molar-refractivity contribution in [2.45, 2.75) is 44.9 Å². The third-order valence-corrected chi connectivity index (χ3v) is 6.89. The zero-order valence-electron chi connectivity index (χ0n) is 11.3. The van der Waals surface area contributed by atoms with Gasteiger partial charge in [0.1, 0.15) is 0 Å². The van der Waals surface area contributed by atoms with Crippen molar-refractivity contribution in [3.63, 3.8) is 0 Å². The van der Waals surface area contributed by atoms with E-state index in [4.69, 9.17) is 11.5 Å². The number of nitrogens with two attached hydrogens (primary N) is 2. The number of hydrogen-bond acceptors (Lipinski definition) is 2. The van der Waals surface area contributed by atoms with Crippen LogP contribution < -0.4 is 11.5 Å². The van der Waals surface area contributed by atoms with Crippen molar-refractivity contribution in [3.05, 3.63) is 11.6 Å². The van der Waals surface area contributed by atoms with Crippen molar-refractivity contribution in [1.29, 1.82) is 0 Å². The molecule has 0 heterocycles. The molecular formula is C16H26N2. The fraction of sp³-hybridized carbons (Fsp3) is 0.875. The lowest BCUT2D eigenvalue weighted by Crippen LogP contribution is -2.29. The molecule has 2 heteroatoms. The van der Waals surface area contributed by atoms with Crippen molar-refractivity contribution >= 4 is 0 Å². The molecule has 1 spiro atoms. The lowest BCUT2D eigenvalue weighted by molar-refractivity contribution is 0.245. The fourth-order valence-electron chi connectivity index (χ4n) is 5.93. The topological polar surface area (TPSA) is 52.0 Å². The van der Waals surface area contributed by atoms with Gasteiger partial charge < -0.3 is 11.5 Å². The maximum atomic E-state index is 6.16. The summed E-state index contributed by atoms with van der Waals surface area (Å²) in [6.45, 7) is 1.78. The molecule has 2 nitrogen and oxygen atoms in total. The van der Waals surface area contributed by atoms with E-state index < -0.39 is 0 Å². The predicted octanol–water partition coefficient (Wildman–Crippen LogP) is 2.44. The average Bonchev–Trinajstić information content (AvgIpc) is 2.95. The van der Waals surface area contributed by atoms with E-state index in [1.807, 2.05) is 5.57 Å². The molecule has 0 aliphatic heterocycles. The molecule has 0 aromatic heterocycles. The molecule has 0 saturated heterocycles. The van der Waals surface area contributed by atoms with E-state index in [0.717, 1.165) is 24.9 Å². The second-order valence-electron chi connectivity index (χ2n) is 7.40. The summed E-state index contributed by atoms with van der Waals surface area (Å²) in [5.74, 6) is 2.44. The largest absolute Gasteiger partial charge is 0.330 e. The van der Waals surface area contributed by atoms with E-state index in [2.05, 4.69) is 6.08 Å². The van der Waals surface area contributed by atoms with Gasteiger partial charge in [-0.1, -0.05) is 18.1 Å². The molecule has 3 saturated carbocycles. The molecule has 5 atom stereocenters. The van der Waals surface area contributed by atoms with E-state index in [1.165, 1.54) is 44.9 Å². The van der Waals surface area contributed by atoms with Gasteiger partial charge in [0.25, 0.3) is 0 Å². The molecule has 2 bridgehead atoms. The zero-order chi connectivity index (χ0) is 12.4. The fourth-order valence-corrected chi connectivity index (χ4v) is 5.93. The van der Waals surface area contributed by atoms with Gasteiger partial charge in [-0.25, -0.2) is 0 Å². The van der Waals surface area contributed by atoms with Gasteiger partial charge in [0.2, 0.25) is 0 Å². The molecule has 4 aliphatic carbocycles. The standard InChI is InChI=1S/C16H26N2/c17-8-11-3-4-14-13(6-11)12-2-1-5-15(10-18)9-16(14,15)7-12/h6,11-12,14H,1-5,7-10,17-18H2. The van der Waals surface area contributed by atoms with E-state index in [9.17, 15) is 0 Å². The third kappa shape index (κ3) is 1.21. The number of hydrogen-bond donors (Lipinski definition) is 2. The average molecular weight is 246 g/mol. The molecule has 4 aliphatic rings. The normalized spacial score (nSPS) is 53.2. The Bertz CT molecular complexity index is 402. The van der Waals surface area contributed by atoms with Crippen molar-refractivity contribution < 1.29 is 0 Å². The Kier molecular flexibility index (Phi) is 2.30. The second-order valence-corrected chi connectivity index (χ2v) is 7.40. The maximum Gasteiger partial charge on any atom is -0.00141 e. The van der Waals surface area contributed by atoms with Gasteiger partial charge in [0.15, 0.2) is 0 Å². The minimum absolute atomic E-state index is 0.539. The molecule has 4 N–H and O–H groups in total. The van der Waals surface area contributed by atoms with Gasteiger partial charge in [-0.05, 0) is 80.2 Å². The summed E-state index contributed by atoms with van der Waals surface area (Å²) in [5.41, 5.74) is 15.0. The molecular weight excluding hydrogens is 220 g/mol. The van der Waals surface area contributed by atoms with Gasteiger partial charge >= 0.3 is 0 Å². The Morgan fingerprint density at radius 3 is 2.89 bits per heavy atom. The van der Waals surface area contributed by atoms with Crippen molar-refractivity contribution in [2.24, 2.45) is 40.1 Å². The SMILES string of the molecule is NCC1C=C2C3CCCC4(CN)CC4(C3)C2CC1. The van der Waals surface area contributed by atoms with Gasteiger partial charge in [-0.3, -0.25) is 0 Å². The van der Waals surface area contributed by atoms with Crippen LogP contribution in [0, 0.1) is 28.6 Å². The maximum absolute atomic E-state index is 6.16. The second kappa shape index (κ2) is 3.61. The smallest absolute Gasteiger partial charge is 0.00141 e. The van der Waals surface area contributed by atoms with Crippen LogP contribution in [-0.4, -0.2) is 13.1 Å². The summed E-state index contributed by atoms with van der Waals surface area (Å²) in [4.78, 5) is 0. The van der Waals surface area contributed by atoms with Gasteiger partial charge in [-0.2, -0.15) is 0 Å². The highest BCUT2D eigenvalue weighted by Gasteiger charge is 2.73. The molecule has 5 unspecified atom stereocenters. The Labute approximate surface area is 110 Å². The number of allylic oxidation sites excluding steroid dienone is 1. The van der Waals surface area contributed by atoms with E-state index >= 15 is 0 Å². The third-order valence-electron chi connectivity index (χ3n) is 6.89. The Hall–Kier alpha value is -0.340. The summed E-state index contributed by atoms with van der Waals surface area (Å²) in [5, 5.41) is 0. The lowest BCUT2D eigenvalue weighted by Gasteiger charge is -2.33. The summed E-state index contributed by atoms with van der Waals surface area (Å²) < 4.78 is 0. The summed E-state index contributed by atoms with van der Waals surface area (Å²) >= 11 is 0. The van der Waals surface area contributed by atoms with Crippen molar-refractivity contribution in [2.75, 3.05) is 13.1 Å². The number of fused-ring (bicyclic) bond motifs is 3. The first kappa shape index (κ1) is 11.5. The number of rotatable bonds is 2. The van der Waals surface area contributed by atoms with Crippen molar-refractivity contribution in [1.82, 2.24) is 0 Å². The van der Waals surface area contributed by atoms with E-state index in [0.29, 0.717) is 16.7 Å². The van der Waals surface area contributed by atoms with Crippen LogP contribution in [0.25, 0.3) is 0 Å². The van der Waals surface area contributed by atoms with Gasteiger partial charge in [0.05, 0.1) is 0 Å². The Morgan fingerprint density at radius 1 is 1.22 bits per heavy atom. The van der Waals surface area contributed by atoms with Crippen LogP contribution >= 0.6 is 0 Å². The molecule has 18 heavy (non-hydrogen) atoms. The summed E-state index contributed by atoms with van der Waals surface area (Å²) in [6, 6.07) is 0. The van der Waals surface area contributed by atoms with Crippen LogP contribution in [0.15, 0.2) is 11.6 Å². The van der Waals surface area contributed by atoms with Crippen LogP contribution in [0.1, 0.15) is 44.9 Å². The first-order chi connectivity index (χ1) is 8.75. The molecule has 0 radical (unpaired) electrons. The van der Waals surface area contributed by atoms with Gasteiger partial charge in [0, 0.05) is 0 Å². The first-order valence-electron chi connectivity index (χ1n) is 7.86. The molecule has 100 valence electrons. The van der Waals surface area contributed by atoms with Crippen LogP contribution in [0.3, 0.4) is 0 Å². The summed E-state index contributed by atoms with van der Waals surface area (Å²) in [6.07, 6.45) is 12.4. The Morgan fingerprint density at radius 2 is 2.11 bits per heavy atom. The van der Waals surface area contributed by atoms with Crippen LogP contribution in [0.5, 0.6) is 0 Å². The van der Waals surface area contributed by atoms with Crippen LogP contribution in [-0.2, 0) is 0 Å². The Balaban J connectivity index is 1.73. The highest BCUT2D eigenvalue weighted by molar-refractivity contribution is 5.35. The molecule has 3 fully saturated rings. The zero-order valence-corrected chi connectivity index (χ0v) is 11.3. The molecule has 0 aromatic carbocycles. The quantitative estimate of drug-likeness (QED) is 0.735. The van der Waals surface area contributed by atoms with E-state index in [1.54, 1.807) is 0 Å².